The Kier molecular flexibility index (Phi) is 21.2. The van der Waals surface area contributed by atoms with E-state index >= 15 is 4.39 Å². The second-order valence-electron chi connectivity index (χ2n) is 18.3. The number of imidazole rings is 1. The Bertz CT molecular complexity index is 2220. The fourth-order valence-corrected chi connectivity index (χ4v) is 10.0. The zero-order chi connectivity index (χ0) is 48.7. The molecule has 22 heteroatoms. The number of carbonyl (C=O) groups excluding carboxylic acids is 1. The number of nitrogen functional groups attached to an aromatic ring is 1. The quantitative estimate of drug-likeness (QED) is 0.0526. The summed E-state index contributed by atoms with van der Waals surface area (Å²) in [7, 11) is -3.72. The number of fused-ring (bicyclic) bond motifs is 1. The maximum atomic E-state index is 16.8. The fourth-order valence-electron chi connectivity index (χ4n) is 8.91. The van der Waals surface area contributed by atoms with Crippen LogP contribution in [0.1, 0.15) is 150 Å². The van der Waals surface area contributed by atoms with Gasteiger partial charge in [0.15, 0.2) is 29.8 Å². The van der Waals surface area contributed by atoms with Gasteiger partial charge in [0.25, 0.3) is 18.9 Å². The Balaban J connectivity index is 1.36. The molecule has 3 aromatic heterocycles. The van der Waals surface area contributed by atoms with Gasteiger partial charge in [-0.2, -0.15) is 4.98 Å². The summed E-state index contributed by atoms with van der Waals surface area (Å²) in [6, 6.07) is 1.18. The van der Waals surface area contributed by atoms with Crippen LogP contribution in [0.5, 0.6) is 0 Å². The van der Waals surface area contributed by atoms with Crippen LogP contribution >= 0.6 is 7.82 Å². The number of unbranched alkanes of at least 4 members (excludes halogenated alkanes) is 14. The third-order valence-electron chi connectivity index (χ3n) is 12.3. The molecule has 0 radical (unpaired) electrons. The molecular formula is C45H73FN8O12P-. The number of hydrogen-bond acceptors (Lipinski definition) is 15. The number of rotatable bonds is 30. The molecule has 0 aromatic carbocycles. The number of phosphoric ester groups is 1. The summed E-state index contributed by atoms with van der Waals surface area (Å²) < 4.78 is 67.3. The first kappa shape index (κ1) is 54.1. The summed E-state index contributed by atoms with van der Waals surface area (Å²) in [6.07, 6.45) is 8.71. The van der Waals surface area contributed by atoms with Gasteiger partial charge in [-0.15, -0.1) is 0 Å². The molecule has 0 bridgehead atoms. The molecule has 2 aliphatic rings. The number of nitrogens with zero attached hydrogens (tertiary/aromatic N) is 5. The number of halogens is 1. The second-order valence-corrected chi connectivity index (χ2v) is 19.6. The van der Waals surface area contributed by atoms with Crippen LogP contribution in [-0.2, 0) is 37.4 Å². The van der Waals surface area contributed by atoms with E-state index in [1.165, 1.54) is 100 Å². The smallest absolute Gasteiger partial charge is 0.330 e. The summed E-state index contributed by atoms with van der Waals surface area (Å²) in [5.41, 5.74) is 3.56. The Morgan fingerprint density at radius 2 is 1.51 bits per heavy atom. The number of nitrogens with one attached hydrogen (secondary N) is 2. The molecule has 0 aliphatic carbocycles. The van der Waals surface area contributed by atoms with E-state index in [1.807, 2.05) is 13.8 Å². The monoisotopic (exact) mass is 968 g/mol. The van der Waals surface area contributed by atoms with Crippen LogP contribution in [0.2, 0.25) is 0 Å². The lowest BCUT2D eigenvalue weighted by atomic mass is 9.93. The van der Waals surface area contributed by atoms with Crippen LogP contribution in [0, 0.1) is 5.92 Å². The van der Waals surface area contributed by atoms with Crippen LogP contribution in [-0.4, -0.2) is 109 Å². The molecule has 0 saturated carbocycles. The van der Waals surface area contributed by atoms with Gasteiger partial charge in [-0.3, -0.25) is 38.1 Å². The number of carbonyl (C=O) groups is 1. The molecule has 2 saturated heterocycles. The minimum atomic E-state index is -5.15. The number of nitrogens with two attached hydrogens (primary N) is 1. The Morgan fingerprint density at radius 1 is 0.896 bits per heavy atom. The number of alkyl halides is 1. The van der Waals surface area contributed by atoms with Gasteiger partial charge < -0.3 is 43.5 Å². The van der Waals surface area contributed by atoms with Crippen molar-refractivity contribution in [1.82, 2.24) is 34.0 Å². The number of phosphoric acid groups is 1. The highest BCUT2D eigenvalue weighted by molar-refractivity contribution is 7.45. The van der Waals surface area contributed by atoms with Crippen molar-refractivity contribution in [1.29, 1.82) is 0 Å². The van der Waals surface area contributed by atoms with Crippen molar-refractivity contribution in [2.45, 2.75) is 193 Å². The highest BCUT2D eigenvalue weighted by Crippen LogP contribution is 2.47. The molecule has 3 aromatic rings. The van der Waals surface area contributed by atoms with Gasteiger partial charge >= 0.3 is 5.69 Å². The van der Waals surface area contributed by atoms with Crippen molar-refractivity contribution in [2.75, 3.05) is 32.5 Å². The molecular weight excluding hydrogens is 895 g/mol. The summed E-state index contributed by atoms with van der Waals surface area (Å²) in [5, 5.41) is 0. The summed E-state index contributed by atoms with van der Waals surface area (Å²) in [4.78, 5) is 79.8. The lowest BCUT2D eigenvalue weighted by molar-refractivity contribution is -0.235. The largest absolute Gasteiger partial charge is 0.756 e. The first-order valence-corrected chi connectivity index (χ1v) is 25.6. The van der Waals surface area contributed by atoms with Gasteiger partial charge in [0, 0.05) is 44.8 Å². The van der Waals surface area contributed by atoms with Crippen molar-refractivity contribution in [3.05, 3.63) is 49.8 Å². The van der Waals surface area contributed by atoms with E-state index in [2.05, 4.69) is 26.9 Å². The molecule has 0 spiro atoms. The molecule has 9 atom stereocenters. The number of hydrogen-bond donors (Lipinski definition) is 3. The van der Waals surface area contributed by atoms with Crippen molar-refractivity contribution >= 4 is 30.8 Å². The van der Waals surface area contributed by atoms with Gasteiger partial charge in [-0.1, -0.05) is 96.8 Å². The number of aromatic amines is 2. The number of ether oxygens (including phenoxy) is 4. The molecule has 5 heterocycles. The fraction of sp³-hybridized carbons (Fsp3) is 0.778. The number of H-pyrrole nitrogens is 2. The van der Waals surface area contributed by atoms with E-state index in [4.69, 9.17) is 33.7 Å². The topological polar surface area (TPSA) is 260 Å². The summed E-state index contributed by atoms with van der Waals surface area (Å²) >= 11 is 0. The van der Waals surface area contributed by atoms with Gasteiger partial charge in [0.05, 0.1) is 31.2 Å². The first-order valence-electron chi connectivity index (χ1n) is 24.1. The minimum Gasteiger partial charge on any atom is -0.756 e. The lowest BCUT2D eigenvalue weighted by Gasteiger charge is -2.33. The van der Waals surface area contributed by atoms with Crippen LogP contribution < -0.4 is 27.4 Å². The van der Waals surface area contributed by atoms with E-state index < -0.39 is 85.6 Å². The van der Waals surface area contributed by atoms with E-state index in [9.17, 15) is 28.6 Å². The van der Waals surface area contributed by atoms with Gasteiger partial charge in [0.2, 0.25) is 11.9 Å². The molecule has 4 N–H and O–H groups in total. The molecule has 378 valence electrons. The van der Waals surface area contributed by atoms with Gasteiger partial charge in [-0.05, 0) is 34.1 Å². The molecule has 2 aliphatic heterocycles. The third kappa shape index (κ3) is 15.6. The summed E-state index contributed by atoms with van der Waals surface area (Å²) in [5.74, 6) is -1.36. The Morgan fingerprint density at radius 3 is 2.09 bits per heavy atom. The van der Waals surface area contributed by atoms with Crippen LogP contribution in [0.25, 0.3) is 11.2 Å². The average molecular weight is 968 g/mol. The zero-order valence-corrected chi connectivity index (χ0v) is 40.9. The Labute approximate surface area is 391 Å². The SMILES string of the molecule is CCCCCCCCCCCCCCCCCN(C[C@H]1O[C@@H](n2cnc3c(=O)[nH]c(N)nc32)[C@H](F)[C@@H]1OP(=O)([O-])OC(C)C)C(=O)C[C@H]1[C@@H](OC)[C@H](n2ccc(=O)[nH]c2=O)O[C@@H]1COC(C)C. The normalized spacial score (nSPS) is 24.0. The number of aromatic nitrogens is 6. The van der Waals surface area contributed by atoms with E-state index in [-0.39, 0.29) is 49.3 Å². The minimum absolute atomic E-state index is 0.0465. The van der Waals surface area contributed by atoms with Crippen LogP contribution in [0.15, 0.2) is 33.0 Å². The van der Waals surface area contributed by atoms with Gasteiger partial charge in [0.1, 0.15) is 18.3 Å². The summed E-state index contributed by atoms with van der Waals surface area (Å²) in [6.45, 7) is 8.81. The number of amides is 1. The lowest BCUT2D eigenvalue weighted by Crippen LogP contribution is -2.45. The maximum absolute atomic E-state index is 16.8. The van der Waals surface area contributed by atoms with E-state index in [0.717, 1.165) is 43.0 Å². The zero-order valence-electron chi connectivity index (χ0n) is 40.0. The van der Waals surface area contributed by atoms with Crippen molar-refractivity contribution in [2.24, 2.45) is 5.92 Å². The van der Waals surface area contributed by atoms with E-state index in [0.29, 0.717) is 6.42 Å². The Hall–Kier alpha value is -3.82. The molecule has 5 rings (SSSR count). The number of methoxy groups -OCH3 is 1. The molecule has 1 amide bonds. The van der Waals surface area contributed by atoms with Crippen LogP contribution in [0.4, 0.5) is 10.3 Å². The standard InChI is InChI=1S/C45H74FN8O12P/c1-7-8-9-10-11-12-13-14-15-16-17-18-19-20-21-23-52(35(56)25-31-33(27-62-29(2)3)64-43(38(31)61-6)53-24-22-34(55)49-45(53)58)26-32-39(66-67(59,60)65-30(4)5)36(46)42(63-32)54-28-48-37-40(54)50-44(47)51-41(37)57/h22,24,28-33,36,38-39,42-43H,7-21,23,25-27H2,1-6H3,(H,59,60)(H,49,55,58)(H3,47,50,51,57)/p-1/t31-,32-,33-,36-,38-,39-,42-,43-/m1/s1. The van der Waals surface area contributed by atoms with Crippen molar-refractivity contribution in [3.63, 3.8) is 0 Å². The first-order chi connectivity index (χ1) is 32.0. The molecule has 2 fully saturated rings. The van der Waals surface area contributed by atoms with Crippen molar-refractivity contribution in [3.8, 4) is 0 Å². The maximum Gasteiger partial charge on any atom is 0.330 e. The second kappa shape index (κ2) is 26.2. The van der Waals surface area contributed by atoms with Crippen molar-refractivity contribution < 1.29 is 46.6 Å². The highest BCUT2D eigenvalue weighted by atomic mass is 31.2. The average Bonchev–Trinajstić information content (AvgIpc) is 3.92. The third-order valence-corrected chi connectivity index (χ3v) is 13.4. The predicted molar refractivity (Wildman–Crippen MR) is 247 cm³/mol. The highest BCUT2D eigenvalue weighted by Gasteiger charge is 2.51. The molecule has 20 nitrogen and oxygen atoms in total. The molecule has 1 unspecified atom stereocenters. The molecule has 67 heavy (non-hydrogen) atoms. The van der Waals surface area contributed by atoms with E-state index in [1.54, 1.807) is 0 Å². The number of anilines is 1. The predicted octanol–water partition coefficient (Wildman–Crippen LogP) is 5.81. The van der Waals surface area contributed by atoms with Crippen LogP contribution in [0.3, 0.4) is 0 Å². The van der Waals surface area contributed by atoms with Gasteiger partial charge in [-0.25, -0.2) is 14.2 Å².